The van der Waals surface area contributed by atoms with E-state index in [9.17, 15) is 15.0 Å². The maximum Gasteiger partial charge on any atom is 0.281 e. The number of aliphatic hydroxyl groups excluding tert-OH is 3. The molecule has 108 valence electrons. The quantitative estimate of drug-likeness (QED) is 0.568. The SMILES string of the molecule is Cn1cnc2c(ncn2[C@@H]2O[C@H](CO)C(O)[C@@H]2O)c1=O. The van der Waals surface area contributed by atoms with Gasteiger partial charge in [-0.1, -0.05) is 0 Å². The van der Waals surface area contributed by atoms with Crippen LogP contribution in [-0.4, -0.2) is 59.3 Å². The van der Waals surface area contributed by atoms with Gasteiger partial charge in [-0.2, -0.15) is 0 Å². The summed E-state index contributed by atoms with van der Waals surface area (Å²) in [6.45, 7) is -0.420. The zero-order chi connectivity index (χ0) is 14.4. The highest BCUT2D eigenvalue weighted by Crippen LogP contribution is 2.30. The lowest BCUT2D eigenvalue weighted by Gasteiger charge is -2.16. The van der Waals surface area contributed by atoms with Crippen molar-refractivity contribution in [3.05, 3.63) is 23.0 Å². The molecular weight excluding hydrogens is 268 g/mol. The Morgan fingerprint density at radius 2 is 2.05 bits per heavy atom. The first-order valence-electron chi connectivity index (χ1n) is 6.05. The van der Waals surface area contributed by atoms with Crippen LogP contribution in [0.25, 0.3) is 11.2 Å². The lowest BCUT2D eigenvalue weighted by atomic mass is 10.1. The van der Waals surface area contributed by atoms with E-state index in [4.69, 9.17) is 9.84 Å². The van der Waals surface area contributed by atoms with Crippen molar-refractivity contribution in [2.24, 2.45) is 7.05 Å². The Morgan fingerprint density at radius 3 is 2.70 bits per heavy atom. The molecule has 2 aromatic heterocycles. The van der Waals surface area contributed by atoms with Crippen molar-refractivity contribution in [2.75, 3.05) is 6.61 Å². The van der Waals surface area contributed by atoms with Gasteiger partial charge in [0, 0.05) is 7.05 Å². The van der Waals surface area contributed by atoms with Gasteiger partial charge in [-0.15, -0.1) is 0 Å². The number of imidazole rings is 1. The summed E-state index contributed by atoms with van der Waals surface area (Å²) in [5.74, 6) is 0. The molecule has 3 N–H and O–H groups in total. The fourth-order valence-electron chi connectivity index (χ4n) is 2.29. The van der Waals surface area contributed by atoms with E-state index in [2.05, 4.69) is 9.97 Å². The van der Waals surface area contributed by atoms with Crippen LogP contribution in [0.4, 0.5) is 0 Å². The van der Waals surface area contributed by atoms with Gasteiger partial charge in [0.05, 0.1) is 19.3 Å². The van der Waals surface area contributed by atoms with Crippen LogP contribution in [0.3, 0.4) is 0 Å². The molecule has 0 saturated carbocycles. The summed E-state index contributed by atoms with van der Waals surface area (Å²) < 4.78 is 8.05. The molecule has 0 amide bonds. The number of aryl methyl sites for hydroxylation is 1. The van der Waals surface area contributed by atoms with E-state index in [0.717, 1.165) is 0 Å². The van der Waals surface area contributed by atoms with Crippen molar-refractivity contribution in [2.45, 2.75) is 24.5 Å². The molecule has 0 radical (unpaired) electrons. The molecule has 3 heterocycles. The Bertz CT molecular complexity index is 696. The first-order valence-corrected chi connectivity index (χ1v) is 6.05. The van der Waals surface area contributed by atoms with E-state index >= 15 is 0 Å². The minimum Gasteiger partial charge on any atom is -0.394 e. The van der Waals surface area contributed by atoms with Gasteiger partial charge < -0.3 is 24.6 Å². The van der Waals surface area contributed by atoms with Crippen LogP contribution in [0.15, 0.2) is 17.4 Å². The Kier molecular flexibility index (Phi) is 3.05. The average Bonchev–Trinajstić information content (AvgIpc) is 2.98. The number of fused-ring (bicyclic) bond motifs is 1. The number of hydrogen-bond donors (Lipinski definition) is 3. The third-order valence-corrected chi connectivity index (χ3v) is 3.44. The number of hydrogen-bond acceptors (Lipinski definition) is 7. The van der Waals surface area contributed by atoms with Crippen molar-refractivity contribution < 1.29 is 20.1 Å². The van der Waals surface area contributed by atoms with Crippen molar-refractivity contribution in [3.8, 4) is 0 Å². The van der Waals surface area contributed by atoms with Crippen LogP contribution in [-0.2, 0) is 11.8 Å². The molecule has 0 spiro atoms. The molecule has 3 rings (SSSR count). The Balaban J connectivity index is 2.08. The zero-order valence-corrected chi connectivity index (χ0v) is 10.6. The second kappa shape index (κ2) is 4.63. The van der Waals surface area contributed by atoms with Gasteiger partial charge in [-0.25, -0.2) is 9.97 Å². The van der Waals surface area contributed by atoms with E-state index in [1.165, 1.54) is 21.8 Å². The largest absolute Gasteiger partial charge is 0.394 e. The minimum absolute atomic E-state index is 0.146. The lowest BCUT2D eigenvalue weighted by molar-refractivity contribution is -0.0511. The normalized spacial score (nSPS) is 30.2. The number of rotatable bonds is 2. The second-order valence-corrected chi connectivity index (χ2v) is 4.71. The van der Waals surface area contributed by atoms with Crippen LogP contribution in [0.1, 0.15) is 6.23 Å². The van der Waals surface area contributed by atoms with Crippen LogP contribution in [0, 0.1) is 0 Å². The summed E-state index contributed by atoms with van der Waals surface area (Å²) in [7, 11) is 1.56. The van der Waals surface area contributed by atoms with Crippen LogP contribution < -0.4 is 5.56 Å². The summed E-state index contributed by atoms with van der Waals surface area (Å²) in [6, 6.07) is 0. The fraction of sp³-hybridized carbons (Fsp3) is 0.545. The maximum absolute atomic E-state index is 11.9. The van der Waals surface area contributed by atoms with E-state index in [1.807, 2.05) is 0 Å². The van der Waals surface area contributed by atoms with E-state index in [0.29, 0.717) is 0 Å². The lowest BCUT2D eigenvalue weighted by Crippen LogP contribution is -2.33. The zero-order valence-electron chi connectivity index (χ0n) is 10.6. The van der Waals surface area contributed by atoms with E-state index in [-0.39, 0.29) is 16.7 Å². The maximum atomic E-state index is 11.9. The van der Waals surface area contributed by atoms with Gasteiger partial charge in [0.1, 0.15) is 18.3 Å². The standard InChI is InChI=1S/C11H14N4O5/c1-14-3-13-9-6(10(14)19)12-4-15(9)11-8(18)7(17)5(2-16)20-11/h3-5,7-8,11,16-18H,2H2,1H3/t5-,7?,8+,11-/m1/s1. The Morgan fingerprint density at radius 1 is 1.30 bits per heavy atom. The minimum atomic E-state index is -1.24. The van der Waals surface area contributed by atoms with Crippen LogP contribution in [0.5, 0.6) is 0 Å². The molecule has 0 aromatic carbocycles. The monoisotopic (exact) mass is 282 g/mol. The number of aliphatic hydroxyl groups is 3. The molecular formula is C11H14N4O5. The molecule has 4 atom stereocenters. The molecule has 1 saturated heterocycles. The molecule has 2 aromatic rings. The molecule has 1 aliphatic heterocycles. The molecule has 9 heteroatoms. The third-order valence-electron chi connectivity index (χ3n) is 3.44. The number of nitrogens with zero attached hydrogens (tertiary/aromatic N) is 4. The number of aromatic nitrogens is 4. The van der Waals surface area contributed by atoms with Gasteiger partial charge >= 0.3 is 0 Å². The first-order chi connectivity index (χ1) is 9.54. The van der Waals surface area contributed by atoms with E-state index < -0.39 is 31.1 Å². The molecule has 0 aliphatic carbocycles. The molecule has 0 bridgehead atoms. The van der Waals surface area contributed by atoms with Crippen molar-refractivity contribution in [1.29, 1.82) is 0 Å². The predicted molar refractivity (Wildman–Crippen MR) is 65.8 cm³/mol. The van der Waals surface area contributed by atoms with Crippen molar-refractivity contribution in [3.63, 3.8) is 0 Å². The van der Waals surface area contributed by atoms with E-state index in [1.54, 1.807) is 7.05 Å². The van der Waals surface area contributed by atoms with Gasteiger partial charge in [0.2, 0.25) is 0 Å². The van der Waals surface area contributed by atoms with Crippen LogP contribution >= 0.6 is 0 Å². The topological polar surface area (TPSA) is 123 Å². The molecule has 1 fully saturated rings. The molecule has 20 heavy (non-hydrogen) atoms. The average molecular weight is 282 g/mol. The van der Waals surface area contributed by atoms with Gasteiger partial charge in [0.15, 0.2) is 17.4 Å². The summed E-state index contributed by atoms with van der Waals surface area (Å²) >= 11 is 0. The highest BCUT2D eigenvalue weighted by molar-refractivity contribution is 5.69. The smallest absolute Gasteiger partial charge is 0.281 e. The van der Waals surface area contributed by atoms with Gasteiger partial charge in [-0.3, -0.25) is 9.36 Å². The highest BCUT2D eigenvalue weighted by atomic mass is 16.6. The second-order valence-electron chi connectivity index (χ2n) is 4.71. The van der Waals surface area contributed by atoms with Gasteiger partial charge in [-0.05, 0) is 0 Å². The van der Waals surface area contributed by atoms with Crippen molar-refractivity contribution in [1.82, 2.24) is 19.1 Å². The summed E-state index contributed by atoms with van der Waals surface area (Å²) in [4.78, 5) is 19.9. The highest BCUT2D eigenvalue weighted by Gasteiger charge is 2.43. The molecule has 1 aliphatic rings. The summed E-state index contributed by atoms with van der Waals surface area (Å²) in [6.07, 6.45) is -1.64. The molecule has 1 unspecified atom stereocenters. The van der Waals surface area contributed by atoms with Crippen molar-refractivity contribution >= 4 is 11.2 Å². The fourth-order valence-corrected chi connectivity index (χ4v) is 2.29. The Labute approximate surface area is 112 Å². The summed E-state index contributed by atoms with van der Waals surface area (Å²) in [5, 5.41) is 28.8. The van der Waals surface area contributed by atoms with Gasteiger partial charge in [0.25, 0.3) is 5.56 Å². The van der Waals surface area contributed by atoms with Crippen LogP contribution in [0.2, 0.25) is 0 Å². The summed E-state index contributed by atoms with van der Waals surface area (Å²) in [5.41, 5.74) is 0.0798. The third kappa shape index (κ3) is 1.75. The Hall–Kier alpha value is -1.81. The number of ether oxygens (including phenoxy) is 1. The predicted octanol–water partition coefficient (Wildman–Crippen LogP) is -2.26. The first kappa shape index (κ1) is 13.2. The molecule has 9 nitrogen and oxygen atoms in total.